The number of nitrogens with one attached hydrogen (secondary N) is 1. The molecule has 0 spiro atoms. The molecule has 0 heterocycles. The molecule has 1 unspecified atom stereocenters. The molecule has 1 aromatic rings. The van der Waals surface area contributed by atoms with Gasteiger partial charge >= 0.3 is 0 Å². The van der Waals surface area contributed by atoms with Crippen LogP contribution in [0, 0.1) is 6.92 Å². The van der Waals surface area contributed by atoms with Gasteiger partial charge in [-0.1, -0.05) is 36.4 Å². The predicted octanol–water partition coefficient (Wildman–Crippen LogP) is 4.40. The van der Waals surface area contributed by atoms with Crippen molar-refractivity contribution in [2.45, 2.75) is 39.5 Å². The maximum absolute atomic E-state index is 3.89. The number of rotatable bonds is 4. The quantitative estimate of drug-likeness (QED) is 0.824. The zero-order valence-electron chi connectivity index (χ0n) is 11.7. The van der Waals surface area contributed by atoms with E-state index in [2.05, 4.69) is 50.0 Å². The zero-order valence-corrected chi connectivity index (χ0v) is 11.7. The number of fused-ring (bicyclic) bond motifs is 1. The number of benzene rings is 1. The summed E-state index contributed by atoms with van der Waals surface area (Å²) in [6.45, 7) is 11.3. The molecule has 0 aliphatic heterocycles. The average molecular weight is 241 g/mol. The monoisotopic (exact) mass is 241 g/mol. The Balaban J connectivity index is 2.16. The summed E-state index contributed by atoms with van der Waals surface area (Å²) in [6.07, 6.45) is 4.72. The fraction of sp³-hybridized carbons (Fsp3) is 0.412. The summed E-state index contributed by atoms with van der Waals surface area (Å²) in [5.74, 6) is 0.649. The maximum atomic E-state index is 3.89. The lowest BCUT2D eigenvalue weighted by molar-refractivity contribution is 0.597. The van der Waals surface area contributed by atoms with Crippen LogP contribution in [-0.4, -0.2) is 6.54 Å². The molecule has 2 rings (SSSR count). The van der Waals surface area contributed by atoms with E-state index >= 15 is 0 Å². The standard InChI is InChI=1S/C17H23N/c1-12(2)18-10-9-15-7-6-14(4)16-8-5-13(3)11-17(15)16/h5-6,8,11,15,18H,1,7,9-10H2,2-4H3. The van der Waals surface area contributed by atoms with Crippen LogP contribution < -0.4 is 5.32 Å². The molecule has 1 aliphatic rings. The Morgan fingerprint density at radius 1 is 1.39 bits per heavy atom. The Bertz CT molecular complexity index is 482. The molecule has 0 bridgehead atoms. The first-order valence-electron chi connectivity index (χ1n) is 6.75. The normalized spacial score (nSPS) is 17.9. The summed E-state index contributed by atoms with van der Waals surface area (Å²) in [6, 6.07) is 6.84. The summed E-state index contributed by atoms with van der Waals surface area (Å²) in [7, 11) is 0. The van der Waals surface area contributed by atoms with Gasteiger partial charge in [0.2, 0.25) is 0 Å². The minimum Gasteiger partial charge on any atom is -0.389 e. The largest absolute Gasteiger partial charge is 0.389 e. The topological polar surface area (TPSA) is 12.0 Å². The van der Waals surface area contributed by atoms with Gasteiger partial charge in [-0.05, 0) is 56.2 Å². The van der Waals surface area contributed by atoms with Crippen molar-refractivity contribution >= 4 is 5.57 Å². The van der Waals surface area contributed by atoms with E-state index < -0.39 is 0 Å². The first-order chi connectivity index (χ1) is 8.58. The molecule has 1 atom stereocenters. The van der Waals surface area contributed by atoms with Crippen molar-refractivity contribution in [3.05, 3.63) is 53.2 Å². The van der Waals surface area contributed by atoms with Gasteiger partial charge in [0.15, 0.2) is 0 Å². The predicted molar refractivity (Wildman–Crippen MR) is 79.6 cm³/mol. The first-order valence-corrected chi connectivity index (χ1v) is 6.75. The van der Waals surface area contributed by atoms with Gasteiger partial charge in [-0.15, -0.1) is 0 Å². The highest BCUT2D eigenvalue weighted by Gasteiger charge is 2.19. The molecule has 96 valence electrons. The molecule has 1 aliphatic carbocycles. The molecule has 0 radical (unpaired) electrons. The molecule has 1 N–H and O–H groups in total. The van der Waals surface area contributed by atoms with Crippen molar-refractivity contribution in [1.29, 1.82) is 0 Å². The molecule has 0 amide bonds. The Kier molecular flexibility index (Phi) is 3.90. The third-order valence-corrected chi connectivity index (χ3v) is 3.70. The minimum absolute atomic E-state index is 0.649. The Morgan fingerprint density at radius 2 is 2.17 bits per heavy atom. The fourth-order valence-electron chi connectivity index (χ4n) is 2.67. The molecular formula is C17H23N. The van der Waals surface area contributed by atoms with Gasteiger partial charge in [-0.25, -0.2) is 0 Å². The maximum Gasteiger partial charge on any atom is 0.0149 e. The Labute approximate surface area is 111 Å². The lowest BCUT2D eigenvalue weighted by Gasteiger charge is -2.25. The molecule has 18 heavy (non-hydrogen) atoms. The summed E-state index contributed by atoms with van der Waals surface area (Å²) < 4.78 is 0. The van der Waals surface area contributed by atoms with E-state index in [0.717, 1.165) is 12.2 Å². The van der Waals surface area contributed by atoms with E-state index in [1.165, 1.54) is 35.1 Å². The van der Waals surface area contributed by atoms with Gasteiger partial charge in [-0.2, -0.15) is 0 Å². The molecule has 0 saturated heterocycles. The van der Waals surface area contributed by atoms with Gasteiger partial charge < -0.3 is 5.32 Å². The summed E-state index contributed by atoms with van der Waals surface area (Å²) >= 11 is 0. The van der Waals surface area contributed by atoms with Crippen molar-refractivity contribution in [1.82, 2.24) is 5.32 Å². The Hall–Kier alpha value is -1.50. The number of aryl methyl sites for hydroxylation is 1. The van der Waals surface area contributed by atoms with E-state index in [1.807, 2.05) is 6.92 Å². The van der Waals surface area contributed by atoms with Crippen LogP contribution in [0.1, 0.15) is 49.3 Å². The molecule has 1 nitrogen and oxygen atoms in total. The third kappa shape index (κ3) is 2.84. The van der Waals surface area contributed by atoms with Crippen LogP contribution in [-0.2, 0) is 0 Å². The van der Waals surface area contributed by atoms with Crippen molar-refractivity contribution in [3.63, 3.8) is 0 Å². The summed E-state index contributed by atoms with van der Waals surface area (Å²) in [4.78, 5) is 0. The molecule has 0 saturated carbocycles. The molecule has 1 aromatic carbocycles. The van der Waals surface area contributed by atoms with Crippen LogP contribution in [0.25, 0.3) is 5.57 Å². The highest BCUT2D eigenvalue weighted by Crippen LogP contribution is 2.36. The van der Waals surface area contributed by atoms with Crippen LogP contribution in [0.3, 0.4) is 0 Å². The van der Waals surface area contributed by atoms with E-state index in [4.69, 9.17) is 0 Å². The Morgan fingerprint density at radius 3 is 2.89 bits per heavy atom. The van der Waals surface area contributed by atoms with Gasteiger partial charge in [0.25, 0.3) is 0 Å². The number of hydrogen-bond acceptors (Lipinski definition) is 1. The first kappa shape index (κ1) is 12.9. The van der Waals surface area contributed by atoms with E-state index in [9.17, 15) is 0 Å². The van der Waals surface area contributed by atoms with Crippen LogP contribution >= 0.6 is 0 Å². The highest BCUT2D eigenvalue weighted by molar-refractivity contribution is 5.69. The van der Waals surface area contributed by atoms with Gasteiger partial charge in [0, 0.05) is 12.2 Å². The third-order valence-electron chi connectivity index (χ3n) is 3.70. The van der Waals surface area contributed by atoms with Crippen molar-refractivity contribution in [2.75, 3.05) is 6.54 Å². The second kappa shape index (κ2) is 5.43. The second-order valence-corrected chi connectivity index (χ2v) is 5.41. The lowest BCUT2D eigenvalue weighted by Crippen LogP contribution is -2.16. The van der Waals surface area contributed by atoms with Crippen molar-refractivity contribution < 1.29 is 0 Å². The number of allylic oxidation sites excluding steroid dienone is 3. The van der Waals surface area contributed by atoms with Crippen LogP contribution in [0.2, 0.25) is 0 Å². The zero-order chi connectivity index (χ0) is 13.1. The molecule has 1 heteroatoms. The second-order valence-electron chi connectivity index (χ2n) is 5.41. The molecular weight excluding hydrogens is 218 g/mol. The average Bonchev–Trinajstić information content (AvgIpc) is 2.31. The van der Waals surface area contributed by atoms with Crippen LogP contribution in [0.5, 0.6) is 0 Å². The van der Waals surface area contributed by atoms with E-state index in [0.29, 0.717) is 5.92 Å². The summed E-state index contributed by atoms with van der Waals surface area (Å²) in [5.41, 5.74) is 6.81. The van der Waals surface area contributed by atoms with Crippen LogP contribution in [0.15, 0.2) is 36.6 Å². The molecule has 0 fully saturated rings. The summed E-state index contributed by atoms with van der Waals surface area (Å²) in [5, 5.41) is 3.33. The fourth-order valence-corrected chi connectivity index (χ4v) is 2.67. The van der Waals surface area contributed by atoms with Crippen LogP contribution in [0.4, 0.5) is 0 Å². The molecule has 0 aromatic heterocycles. The smallest absolute Gasteiger partial charge is 0.0149 e. The van der Waals surface area contributed by atoms with Crippen molar-refractivity contribution in [3.8, 4) is 0 Å². The minimum atomic E-state index is 0.649. The van der Waals surface area contributed by atoms with E-state index in [-0.39, 0.29) is 0 Å². The highest BCUT2D eigenvalue weighted by atomic mass is 14.9. The van der Waals surface area contributed by atoms with Crippen molar-refractivity contribution in [2.24, 2.45) is 0 Å². The van der Waals surface area contributed by atoms with E-state index in [1.54, 1.807) is 0 Å². The lowest BCUT2D eigenvalue weighted by atomic mass is 9.81. The van der Waals surface area contributed by atoms with Gasteiger partial charge in [0.1, 0.15) is 0 Å². The SMILES string of the molecule is C=C(C)NCCC1CC=C(C)c2ccc(C)cc21. The van der Waals surface area contributed by atoms with Gasteiger partial charge in [0.05, 0.1) is 0 Å². The van der Waals surface area contributed by atoms with Gasteiger partial charge in [-0.3, -0.25) is 0 Å². The number of hydrogen-bond donors (Lipinski definition) is 1.